The highest BCUT2D eigenvalue weighted by molar-refractivity contribution is 6.33. The first kappa shape index (κ1) is 32.5. The van der Waals surface area contributed by atoms with Crippen LogP contribution in [-0.2, 0) is 28.7 Å². The van der Waals surface area contributed by atoms with Crippen molar-refractivity contribution in [2.24, 2.45) is 23.0 Å². The van der Waals surface area contributed by atoms with Gasteiger partial charge in [-0.05, 0) is 62.0 Å². The smallest absolute Gasteiger partial charge is 0.417 e. The van der Waals surface area contributed by atoms with Crippen molar-refractivity contribution in [3.05, 3.63) is 45.2 Å². The third kappa shape index (κ3) is 5.21. The largest absolute Gasteiger partial charge is 0.510 e. The molecule has 3 aliphatic carbocycles. The molecule has 1 aromatic rings. The summed E-state index contributed by atoms with van der Waals surface area (Å²) < 4.78 is 44.4. The standard InChI is InChI=1S/C30H39F3N4O6/c1-7-37(12-28(2,3)4)11-14-10-17(38)19-15(21(14)30(31,32)33)8-13-9-16-22(36(5)6)24(40)20(27(35)42)25(34)29(16,43)26(41)18(13)23(19)39/h10,13,16,22,34,38-40,43H,7-9,11-12H2,1-6H3,(H2,35,42)/t13-,16-,22-,29+/m0/s1. The molecule has 0 bridgehead atoms. The maximum absolute atomic E-state index is 14.8. The molecule has 1 amide bonds. The first-order valence-electron chi connectivity index (χ1n) is 14.0. The Balaban J connectivity index is 1.94. The molecule has 0 unspecified atom stereocenters. The number of fused-ring (bicyclic) bond motifs is 3. The van der Waals surface area contributed by atoms with Crippen LogP contribution in [0.2, 0.25) is 0 Å². The number of aromatic hydroxyl groups is 1. The summed E-state index contributed by atoms with van der Waals surface area (Å²) in [6.07, 6.45) is -5.51. The molecule has 0 radical (unpaired) electrons. The molecule has 4 atom stereocenters. The van der Waals surface area contributed by atoms with E-state index in [1.54, 1.807) is 0 Å². The summed E-state index contributed by atoms with van der Waals surface area (Å²) in [5.41, 5.74) is -1.82. The van der Waals surface area contributed by atoms with Crippen molar-refractivity contribution in [1.29, 1.82) is 5.41 Å². The molecular formula is C30H39F3N4O6. The summed E-state index contributed by atoms with van der Waals surface area (Å²) in [7, 11) is 3.00. The summed E-state index contributed by atoms with van der Waals surface area (Å²) in [5, 5.41) is 53.5. The summed E-state index contributed by atoms with van der Waals surface area (Å²) in [6.45, 7) is 8.50. The number of aliphatic hydroxyl groups excluding tert-OH is 2. The van der Waals surface area contributed by atoms with Crippen molar-refractivity contribution in [2.45, 2.75) is 64.9 Å². The minimum absolute atomic E-state index is 0.124. The number of Topliss-reactive ketones (excluding diaryl/α,β-unsaturated/α-hetero) is 1. The molecule has 236 valence electrons. The van der Waals surface area contributed by atoms with Crippen LogP contribution in [0.15, 0.2) is 23.0 Å². The maximum Gasteiger partial charge on any atom is 0.417 e. The van der Waals surface area contributed by atoms with Crippen molar-refractivity contribution in [1.82, 2.24) is 9.80 Å². The van der Waals surface area contributed by atoms with E-state index in [4.69, 9.17) is 11.1 Å². The van der Waals surface area contributed by atoms with Crippen molar-refractivity contribution in [3.8, 4) is 5.75 Å². The number of nitrogens with two attached hydrogens (primary N) is 1. The van der Waals surface area contributed by atoms with E-state index in [9.17, 15) is 43.2 Å². The van der Waals surface area contributed by atoms with E-state index in [1.165, 1.54) is 19.0 Å². The lowest BCUT2D eigenvalue weighted by Crippen LogP contribution is -2.67. The molecule has 43 heavy (non-hydrogen) atoms. The van der Waals surface area contributed by atoms with Crippen LogP contribution >= 0.6 is 0 Å². The Labute approximate surface area is 247 Å². The van der Waals surface area contributed by atoms with Crippen molar-refractivity contribution in [3.63, 3.8) is 0 Å². The third-order valence-corrected chi connectivity index (χ3v) is 8.68. The van der Waals surface area contributed by atoms with Crippen LogP contribution in [0.3, 0.4) is 0 Å². The Kier molecular flexibility index (Phi) is 8.04. The van der Waals surface area contributed by atoms with Gasteiger partial charge >= 0.3 is 6.18 Å². The number of primary amides is 1. The van der Waals surface area contributed by atoms with E-state index in [2.05, 4.69) is 0 Å². The molecule has 10 nitrogen and oxygen atoms in total. The Morgan fingerprint density at radius 3 is 2.28 bits per heavy atom. The third-order valence-electron chi connectivity index (χ3n) is 8.68. The summed E-state index contributed by atoms with van der Waals surface area (Å²) >= 11 is 0. The lowest BCUT2D eigenvalue weighted by atomic mass is 9.56. The monoisotopic (exact) mass is 608 g/mol. The van der Waals surface area contributed by atoms with Gasteiger partial charge < -0.3 is 31.6 Å². The van der Waals surface area contributed by atoms with Crippen LogP contribution in [0.4, 0.5) is 13.2 Å². The average Bonchev–Trinajstić information content (AvgIpc) is 2.83. The second-order valence-corrected chi connectivity index (χ2v) is 13.2. The van der Waals surface area contributed by atoms with Crippen LogP contribution in [-0.4, -0.2) is 86.5 Å². The van der Waals surface area contributed by atoms with Crippen LogP contribution in [0, 0.1) is 22.7 Å². The fourth-order valence-electron chi connectivity index (χ4n) is 7.11. The maximum atomic E-state index is 14.8. The second-order valence-electron chi connectivity index (χ2n) is 13.2. The van der Waals surface area contributed by atoms with Gasteiger partial charge in [0.25, 0.3) is 5.91 Å². The molecule has 0 saturated heterocycles. The van der Waals surface area contributed by atoms with Crippen molar-refractivity contribution < 1.29 is 43.2 Å². The lowest BCUT2D eigenvalue weighted by molar-refractivity contribution is -0.139. The minimum Gasteiger partial charge on any atom is -0.510 e. The fraction of sp³-hybridized carbons (Fsp3) is 0.567. The van der Waals surface area contributed by atoms with Gasteiger partial charge in [0.1, 0.15) is 22.8 Å². The predicted octanol–water partition coefficient (Wildman–Crippen LogP) is 3.30. The number of alkyl halides is 3. The number of nitrogens with zero attached hydrogens (tertiary/aromatic N) is 2. The van der Waals surface area contributed by atoms with Gasteiger partial charge in [0.05, 0.1) is 22.9 Å². The summed E-state index contributed by atoms with van der Waals surface area (Å²) in [5.74, 6) is -6.98. The van der Waals surface area contributed by atoms with E-state index in [0.717, 1.165) is 6.07 Å². The lowest BCUT2D eigenvalue weighted by Gasteiger charge is -2.51. The quantitative estimate of drug-likeness (QED) is 0.286. The van der Waals surface area contributed by atoms with Gasteiger partial charge in [-0.2, -0.15) is 13.2 Å². The van der Waals surface area contributed by atoms with Gasteiger partial charge in [0.2, 0.25) is 5.78 Å². The number of halogens is 3. The number of ketones is 1. The molecule has 13 heteroatoms. The van der Waals surface area contributed by atoms with Crippen molar-refractivity contribution in [2.75, 3.05) is 27.2 Å². The minimum atomic E-state index is -4.87. The number of rotatable bonds is 6. The van der Waals surface area contributed by atoms with Crippen LogP contribution in [0.25, 0.3) is 5.76 Å². The Hall–Kier alpha value is -3.42. The first-order chi connectivity index (χ1) is 19.7. The van der Waals surface area contributed by atoms with E-state index >= 15 is 0 Å². The molecule has 1 saturated carbocycles. The van der Waals surface area contributed by atoms with Gasteiger partial charge in [-0.25, -0.2) is 0 Å². The number of benzene rings is 1. The zero-order valence-corrected chi connectivity index (χ0v) is 25.1. The number of amides is 1. The highest BCUT2D eigenvalue weighted by Crippen LogP contribution is 2.54. The highest BCUT2D eigenvalue weighted by Gasteiger charge is 2.63. The van der Waals surface area contributed by atoms with Crippen molar-refractivity contribution >= 4 is 23.2 Å². The summed E-state index contributed by atoms with van der Waals surface area (Å²) in [4.78, 5) is 29.4. The molecule has 4 rings (SSSR count). The number of hydrogen-bond donors (Lipinski definition) is 6. The SMILES string of the molecule is CCN(Cc1cc(O)c2c(c1C(F)(F)F)C[C@H]1C[C@H]3[C@H](N(C)C)C(O)=C(C(N)=O)C(=N)[C@@]3(O)C(=O)C1=C2O)CC(C)(C)C. The Morgan fingerprint density at radius 1 is 1.19 bits per heavy atom. The van der Waals surface area contributed by atoms with Crippen LogP contribution in [0.5, 0.6) is 5.75 Å². The highest BCUT2D eigenvalue weighted by atomic mass is 19.4. The zero-order valence-electron chi connectivity index (χ0n) is 25.1. The Morgan fingerprint density at radius 2 is 1.79 bits per heavy atom. The number of phenolic OH excluding ortho intramolecular Hbond substituents is 1. The number of carbonyl (C=O) groups excluding carboxylic acids is 2. The molecule has 0 spiro atoms. The molecule has 0 heterocycles. The number of carbonyl (C=O) groups is 2. The molecule has 1 aromatic carbocycles. The topological polar surface area (TPSA) is 171 Å². The molecule has 0 aromatic heterocycles. The number of hydrogen-bond acceptors (Lipinski definition) is 9. The molecular weight excluding hydrogens is 569 g/mol. The van der Waals surface area contributed by atoms with E-state index < -0.39 is 93.0 Å². The van der Waals surface area contributed by atoms with Gasteiger partial charge in [-0.3, -0.25) is 19.4 Å². The van der Waals surface area contributed by atoms with Gasteiger partial charge in [0.15, 0.2) is 5.60 Å². The normalized spacial score (nSPS) is 26.2. The van der Waals surface area contributed by atoms with Crippen LogP contribution < -0.4 is 5.73 Å². The molecule has 7 N–H and O–H groups in total. The van der Waals surface area contributed by atoms with Gasteiger partial charge in [0, 0.05) is 24.6 Å². The Bertz CT molecular complexity index is 1460. The molecule has 0 aliphatic heterocycles. The number of nitrogens with one attached hydrogen (secondary N) is 1. The second kappa shape index (κ2) is 10.6. The number of phenols is 1. The molecule has 1 fully saturated rings. The van der Waals surface area contributed by atoms with E-state index in [1.807, 2.05) is 32.6 Å². The van der Waals surface area contributed by atoms with Gasteiger partial charge in [-0.15, -0.1) is 0 Å². The number of aliphatic hydroxyl groups is 3. The van der Waals surface area contributed by atoms with Gasteiger partial charge in [-0.1, -0.05) is 27.7 Å². The van der Waals surface area contributed by atoms with E-state index in [0.29, 0.717) is 13.1 Å². The average molecular weight is 609 g/mol. The predicted molar refractivity (Wildman–Crippen MR) is 152 cm³/mol. The van der Waals surface area contributed by atoms with E-state index in [-0.39, 0.29) is 29.5 Å². The van der Waals surface area contributed by atoms with Crippen LogP contribution in [0.1, 0.15) is 56.4 Å². The molecule has 3 aliphatic rings. The fourth-order valence-corrected chi connectivity index (χ4v) is 7.11. The first-order valence-corrected chi connectivity index (χ1v) is 14.0. The zero-order chi connectivity index (χ0) is 32.6. The summed E-state index contributed by atoms with van der Waals surface area (Å²) in [6, 6.07) is -0.237. The number of likely N-dealkylation sites (N-methyl/N-ethyl adjacent to an activating group) is 1.